The number of rotatable bonds is 4. The summed E-state index contributed by atoms with van der Waals surface area (Å²) in [5, 5.41) is 14.1. The molecular weight excluding hydrogens is 483 g/mol. The topological polar surface area (TPSA) is 81.6 Å². The third-order valence-electron chi connectivity index (χ3n) is 8.86. The van der Waals surface area contributed by atoms with Gasteiger partial charge in [-0.1, -0.05) is 0 Å². The van der Waals surface area contributed by atoms with Gasteiger partial charge in [0.1, 0.15) is 5.69 Å². The molecule has 4 bridgehead atoms. The molecule has 4 aliphatic carbocycles. The van der Waals surface area contributed by atoms with Crippen molar-refractivity contribution in [2.45, 2.75) is 62.9 Å². The van der Waals surface area contributed by atoms with Crippen LogP contribution < -0.4 is 15.1 Å². The molecule has 1 aromatic heterocycles. The predicted molar refractivity (Wildman–Crippen MR) is 132 cm³/mol. The van der Waals surface area contributed by atoms with Crippen LogP contribution in [0, 0.1) is 17.8 Å². The lowest BCUT2D eigenvalue weighted by Gasteiger charge is -2.58. The minimum atomic E-state index is -4.35. The highest BCUT2D eigenvalue weighted by atomic mass is 19.4. The number of carbonyl (C=O) groups is 1. The second-order valence-electron chi connectivity index (χ2n) is 11.5. The molecule has 0 radical (unpaired) electrons. The van der Waals surface area contributed by atoms with Gasteiger partial charge in [-0.3, -0.25) is 4.79 Å². The molecule has 2 heterocycles. The van der Waals surface area contributed by atoms with E-state index in [2.05, 4.69) is 20.2 Å². The van der Waals surface area contributed by atoms with Gasteiger partial charge in [0.25, 0.3) is 5.91 Å². The molecule has 3 atom stereocenters. The number of nitrogens with zero attached hydrogens (tertiary/aromatic N) is 4. The Morgan fingerprint density at radius 3 is 2.41 bits per heavy atom. The number of hydrogen-bond donors (Lipinski definition) is 2. The quantitative estimate of drug-likeness (QED) is 0.644. The van der Waals surface area contributed by atoms with E-state index in [1.165, 1.54) is 12.1 Å². The molecular formula is C27H32F3N5O2. The molecule has 7 rings (SSSR count). The molecule has 7 nitrogen and oxygen atoms in total. The van der Waals surface area contributed by atoms with Crippen LogP contribution in [0.5, 0.6) is 0 Å². The van der Waals surface area contributed by atoms with Crippen LogP contribution in [-0.2, 0) is 6.18 Å². The van der Waals surface area contributed by atoms with Gasteiger partial charge in [-0.15, -0.1) is 0 Å². The fourth-order valence-corrected chi connectivity index (χ4v) is 7.41. The zero-order valence-electron chi connectivity index (χ0n) is 20.8. The van der Waals surface area contributed by atoms with E-state index < -0.39 is 17.3 Å². The van der Waals surface area contributed by atoms with E-state index in [0.717, 1.165) is 49.9 Å². The van der Waals surface area contributed by atoms with Gasteiger partial charge >= 0.3 is 6.18 Å². The SMILES string of the molecule is C[C@@H]1CN(c2ccc(C(F)(F)F)cc2)CCN1c1nccc(C(=O)N[C@H]2C3CC4CC2C[C@](O)(C4)C3)n1. The molecule has 2 aromatic rings. The van der Waals surface area contributed by atoms with Crippen molar-refractivity contribution in [1.29, 1.82) is 0 Å². The molecule has 198 valence electrons. The van der Waals surface area contributed by atoms with Crippen molar-refractivity contribution in [3.63, 3.8) is 0 Å². The first-order chi connectivity index (χ1) is 17.6. The monoisotopic (exact) mass is 515 g/mol. The van der Waals surface area contributed by atoms with Crippen LogP contribution in [0.1, 0.15) is 55.1 Å². The van der Waals surface area contributed by atoms with Crippen LogP contribution in [-0.4, -0.2) is 58.3 Å². The van der Waals surface area contributed by atoms with Gasteiger partial charge in [-0.25, -0.2) is 9.97 Å². The summed E-state index contributed by atoms with van der Waals surface area (Å²) in [6.07, 6.45) is 1.82. The minimum absolute atomic E-state index is 0.000441. The van der Waals surface area contributed by atoms with Crippen molar-refractivity contribution in [1.82, 2.24) is 15.3 Å². The summed E-state index contributed by atoms with van der Waals surface area (Å²) in [5.41, 5.74) is -0.127. The van der Waals surface area contributed by atoms with Crippen LogP contribution >= 0.6 is 0 Å². The zero-order valence-corrected chi connectivity index (χ0v) is 20.8. The van der Waals surface area contributed by atoms with E-state index >= 15 is 0 Å². The Kier molecular flexibility index (Phi) is 5.85. The van der Waals surface area contributed by atoms with E-state index in [9.17, 15) is 23.1 Å². The van der Waals surface area contributed by atoms with Crippen LogP contribution in [0.4, 0.5) is 24.8 Å². The van der Waals surface area contributed by atoms with Crippen molar-refractivity contribution in [3.8, 4) is 0 Å². The fourth-order valence-electron chi connectivity index (χ4n) is 7.41. The van der Waals surface area contributed by atoms with Crippen molar-refractivity contribution in [2.75, 3.05) is 29.4 Å². The maximum atomic E-state index is 13.2. The van der Waals surface area contributed by atoms with Gasteiger partial charge in [-0.05, 0) is 87.1 Å². The Morgan fingerprint density at radius 1 is 1.08 bits per heavy atom. The molecule has 10 heteroatoms. The standard InChI is InChI=1S/C27H32F3N5O2/c1-16-15-34(21-4-2-20(3-5-21)27(28,29)30)8-9-35(16)25-31-7-6-22(32-25)24(36)33-23-18-10-17-11-19(23)14-26(37,12-17)13-18/h2-7,16-19,23,37H,8-15H2,1H3,(H,33,36)/t16-,17?,18?,19?,23-,26-/m1/s1. The van der Waals surface area contributed by atoms with Crippen LogP contribution in [0.15, 0.2) is 36.5 Å². The molecule has 5 aliphatic rings. The summed E-state index contributed by atoms with van der Waals surface area (Å²) in [4.78, 5) is 26.3. The van der Waals surface area contributed by atoms with Gasteiger partial charge in [0.2, 0.25) is 5.95 Å². The Morgan fingerprint density at radius 2 is 1.78 bits per heavy atom. The van der Waals surface area contributed by atoms with Gasteiger partial charge < -0.3 is 20.2 Å². The average Bonchev–Trinajstić information content (AvgIpc) is 2.85. The molecule has 1 saturated heterocycles. The van der Waals surface area contributed by atoms with Crippen molar-refractivity contribution < 1.29 is 23.1 Å². The highest BCUT2D eigenvalue weighted by Gasteiger charge is 2.55. The Hall–Kier alpha value is -2.88. The number of amides is 1. The van der Waals surface area contributed by atoms with Gasteiger partial charge in [-0.2, -0.15) is 13.2 Å². The number of halogens is 3. The van der Waals surface area contributed by atoms with Crippen LogP contribution in [0.25, 0.3) is 0 Å². The summed E-state index contributed by atoms with van der Waals surface area (Å²) in [6.45, 7) is 3.80. The first-order valence-corrected chi connectivity index (χ1v) is 13.1. The third-order valence-corrected chi connectivity index (χ3v) is 8.86. The van der Waals surface area contributed by atoms with Crippen molar-refractivity contribution in [2.24, 2.45) is 17.8 Å². The second-order valence-corrected chi connectivity index (χ2v) is 11.5. The number of carbonyl (C=O) groups excluding carboxylic acids is 1. The number of piperazine rings is 1. The molecule has 1 aromatic carbocycles. The predicted octanol–water partition coefficient (Wildman–Crippen LogP) is 3.88. The summed E-state index contributed by atoms with van der Waals surface area (Å²) in [5.74, 6) is 1.49. The summed E-state index contributed by atoms with van der Waals surface area (Å²) >= 11 is 0. The zero-order chi connectivity index (χ0) is 25.9. The van der Waals surface area contributed by atoms with E-state index in [-0.39, 0.29) is 18.0 Å². The Balaban J connectivity index is 1.11. The molecule has 1 aliphatic heterocycles. The number of aromatic nitrogens is 2. The molecule has 0 spiro atoms. The second kappa shape index (κ2) is 8.85. The largest absolute Gasteiger partial charge is 0.416 e. The summed E-state index contributed by atoms with van der Waals surface area (Å²) in [7, 11) is 0. The number of nitrogens with one attached hydrogen (secondary N) is 1. The number of anilines is 2. The summed E-state index contributed by atoms with van der Waals surface area (Å²) < 4.78 is 38.7. The molecule has 5 fully saturated rings. The molecule has 37 heavy (non-hydrogen) atoms. The minimum Gasteiger partial charge on any atom is -0.390 e. The molecule has 1 amide bonds. The number of hydrogen-bond acceptors (Lipinski definition) is 6. The number of benzene rings is 1. The Labute approximate surface area is 214 Å². The van der Waals surface area contributed by atoms with Crippen molar-refractivity contribution in [3.05, 3.63) is 47.8 Å². The summed E-state index contributed by atoms with van der Waals surface area (Å²) in [6, 6.07) is 6.95. The van der Waals surface area contributed by atoms with Crippen LogP contribution in [0.2, 0.25) is 0 Å². The normalized spacial score (nSPS) is 33.1. The van der Waals surface area contributed by atoms with E-state index in [4.69, 9.17) is 0 Å². The van der Waals surface area contributed by atoms with E-state index in [1.54, 1.807) is 12.3 Å². The highest BCUT2D eigenvalue weighted by molar-refractivity contribution is 5.92. The van der Waals surface area contributed by atoms with Gasteiger partial charge in [0.05, 0.1) is 11.2 Å². The lowest BCUT2D eigenvalue weighted by molar-refractivity contribution is -0.137. The van der Waals surface area contributed by atoms with Crippen molar-refractivity contribution >= 4 is 17.5 Å². The Bertz CT molecular complexity index is 1160. The lowest BCUT2D eigenvalue weighted by Crippen LogP contribution is -2.61. The average molecular weight is 516 g/mol. The first-order valence-electron chi connectivity index (χ1n) is 13.1. The molecule has 2 N–H and O–H groups in total. The molecule has 4 saturated carbocycles. The smallest absolute Gasteiger partial charge is 0.390 e. The maximum Gasteiger partial charge on any atom is 0.416 e. The van der Waals surface area contributed by atoms with Gasteiger partial charge in [0, 0.05) is 43.6 Å². The third kappa shape index (κ3) is 4.64. The van der Waals surface area contributed by atoms with Gasteiger partial charge in [0.15, 0.2) is 0 Å². The first kappa shape index (κ1) is 24.5. The maximum absolute atomic E-state index is 13.2. The van der Waals surface area contributed by atoms with E-state index in [0.29, 0.717) is 49.0 Å². The van der Waals surface area contributed by atoms with Crippen LogP contribution in [0.3, 0.4) is 0 Å². The molecule has 2 unspecified atom stereocenters. The lowest BCUT2D eigenvalue weighted by atomic mass is 9.52. The highest BCUT2D eigenvalue weighted by Crippen LogP contribution is 2.55. The van der Waals surface area contributed by atoms with E-state index in [1.807, 2.05) is 11.8 Å². The fraction of sp³-hybridized carbons (Fsp3) is 0.593. The number of alkyl halides is 3. The number of aliphatic hydroxyl groups is 1.